The van der Waals surface area contributed by atoms with Crippen molar-refractivity contribution >= 4 is 11.9 Å². The average Bonchev–Trinajstić information content (AvgIpc) is 2.44. The maximum absolute atomic E-state index is 12.1. The third-order valence-corrected chi connectivity index (χ3v) is 3.61. The zero-order valence-corrected chi connectivity index (χ0v) is 12.0. The molecule has 0 aromatic heterocycles. The summed E-state index contributed by atoms with van der Waals surface area (Å²) in [6.45, 7) is 4.05. The molecule has 0 saturated heterocycles. The molecule has 0 saturated carbocycles. The Kier molecular flexibility index (Phi) is 5.70. The van der Waals surface area contributed by atoms with Gasteiger partial charge in [0.05, 0.1) is 12.0 Å². The van der Waals surface area contributed by atoms with Crippen molar-refractivity contribution in [2.45, 2.75) is 45.2 Å². The molecule has 0 spiro atoms. The van der Waals surface area contributed by atoms with Crippen molar-refractivity contribution < 1.29 is 14.7 Å². The monoisotopic (exact) mass is 278 g/mol. The van der Waals surface area contributed by atoms with Gasteiger partial charge in [-0.2, -0.15) is 0 Å². The van der Waals surface area contributed by atoms with E-state index in [2.05, 4.69) is 5.32 Å². The number of nitrogens with two attached hydrogens (primary N) is 1. The van der Waals surface area contributed by atoms with Crippen LogP contribution in [-0.2, 0) is 22.6 Å². The fourth-order valence-corrected chi connectivity index (χ4v) is 1.99. The lowest BCUT2D eigenvalue weighted by Gasteiger charge is -2.25. The zero-order valence-electron chi connectivity index (χ0n) is 12.0. The number of benzene rings is 1. The SMILES string of the molecule is CCC(N)(CC)C(=O)NCc1ccccc1CC(=O)O. The lowest BCUT2D eigenvalue weighted by molar-refractivity contribution is -0.136. The molecule has 5 nitrogen and oxygen atoms in total. The van der Waals surface area contributed by atoms with Crippen LogP contribution < -0.4 is 11.1 Å². The minimum absolute atomic E-state index is 0.0542. The van der Waals surface area contributed by atoms with Crippen LogP contribution in [0.1, 0.15) is 37.8 Å². The number of carbonyl (C=O) groups is 2. The van der Waals surface area contributed by atoms with Crippen LogP contribution in [0.25, 0.3) is 0 Å². The standard InChI is InChI=1S/C15H22N2O3/c1-3-15(16,4-2)14(20)17-10-12-8-6-5-7-11(12)9-13(18)19/h5-8H,3-4,9-10,16H2,1-2H3,(H,17,20)(H,18,19). The van der Waals surface area contributed by atoms with E-state index in [1.807, 2.05) is 26.0 Å². The quantitative estimate of drug-likeness (QED) is 0.703. The number of aliphatic carboxylic acids is 1. The van der Waals surface area contributed by atoms with E-state index in [0.717, 1.165) is 5.56 Å². The van der Waals surface area contributed by atoms with Gasteiger partial charge in [-0.3, -0.25) is 9.59 Å². The fourth-order valence-electron chi connectivity index (χ4n) is 1.99. The Labute approximate surface area is 119 Å². The van der Waals surface area contributed by atoms with Crippen molar-refractivity contribution in [3.63, 3.8) is 0 Å². The molecule has 0 heterocycles. The van der Waals surface area contributed by atoms with Gasteiger partial charge in [-0.25, -0.2) is 0 Å². The van der Waals surface area contributed by atoms with Gasteiger partial charge in [-0.15, -0.1) is 0 Å². The smallest absolute Gasteiger partial charge is 0.307 e. The second-order valence-electron chi connectivity index (χ2n) is 4.89. The molecule has 1 aromatic carbocycles. The van der Waals surface area contributed by atoms with Crippen LogP contribution in [0.5, 0.6) is 0 Å². The lowest BCUT2D eigenvalue weighted by atomic mass is 9.93. The highest BCUT2D eigenvalue weighted by Crippen LogP contribution is 2.13. The number of rotatable bonds is 7. The van der Waals surface area contributed by atoms with E-state index in [4.69, 9.17) is 10.8 Å². The number of amides is 1. The molecule has 0 atom stereocenters. The van der Waals surface area contributed by atoms with E-state index in [1.54, 1.807) is 12.1 Å². The van der Waals surface area contributed by atoms with E-state index < -0.39 is 11.5 Å². The first kappa shape index (κ1) is 16.2. The molecule has 0 unspecified atom stereocenters. The number of carbonyl (C=O) groups excluding carboxylic acids is 1. The van der Waals surface area contributed by atoms with Gasteiger partial charge in [0.15, 0.2) is 0 Å². The van der Waals surface area contributed by atoms with Crippen LogP contribution in [0.2, 0.25) is 0 Å². The summed E-state index contributed by atoms with van der Waals surface area (Å²) in [5.74, 6) is -1.09. The topological polar surface area (TPSA) is 92.4 Å². The van der Waals surface area contributed by atoms with Crippen LogP contribution in [0, 0.1) is 0 Å². The van der Waals surface area contributed by atoms with E-state index in [9.17, 15) is 9.59 Å². The van der Waals surface area contributed by atoms with E-state index in [1.165, 1.54) is 0 Å². The molecular weight excluding hydrogens is 256 g/mol. The van der Waals surface area contributed by atoms with Gasteiger partial charge in [0.25, 0.3) is 0 Å². The highest BCUT2D eigenvalue weighted by Gasteiger charge is 2.29. The molecule has 0 aliphatic rings. The van der Waals surface area contributed by atoms with Gasteiger partial charge in [-0.05, 0) is 24.0 Å². The summed E-state index contributed by atoms with van der Waals surface area (Å²) < 4.78 is 0. The normalized spacial score (nSPS) is 11.2. The Morgan fingerprint density at radius 1 is 1.20 bits per heavy atom. The van der Waals surface area contributed by atoms with Gasteiger partial charge >= 0.3 is 5.97 Å². The van der Waals surface area contributed by atoms with Crippen molar-refractivity contribution in [3.05, 3.63) is 35.4 Å². The number of nitrogens with one attached hydrogen (secondary N) is 1. The summed E-state index contributed by atoms with van der Waals surface area (Å²) in [5.41, 5.74) is 6.67. The summed E-state index contributed by atoms with van der Waals surface area (Å²) in [6, 6.07) is 7.18. The first-order valence-electron chi connectivity index (χ1n) is 6.78. The summed E-state index contributed by atoms with van der Waals surface area (Å²) >= 11 is 0. The summed E-state index contributed by atoms with van der Waals surface area (Å²) in [4.78, 5) is 22.9. The molecule has 0 aliphatic carbocycles. The molecule has 4 N–H and O–H groups in total. The maximum Gasteiger partial charge on any atom is 0.307 e. The second-order valence-corrected chi connectivity index (χ2v) is 4.89. The molecule has 0 fully saturated rings. The van der Waals surface area contributed by atoms with E-state index in [-0.39, 0.29) is 12.3 Å². The third-order valence-electron chi connectivity index (χ3n) is 3.61. The van der Waals surface area contributed by atoms with Crippen molar-refractivity contribution in [1.82, 2.24) is 5.32 Å². The minimum atomic E-state index is -0.890. The van der Waals surface area contributed by atoms with E-state index in [0.29, 0.717) is 24.9 Å². The Hall–Kier alpha value is -1.88. The number of hydrogen-bond donors (Lipinski definition) is 3. The van der Waals surface area contributed by atoms with Crippen LogP contribution in [0.3, 0.4) is 0 Å². The summed E-state index contributed by atoms with van der Waals surface area (Å²) in [5, 5.41) is 11.7. The van der Waals surface area contributed by atoms with Crippen LogP contribution in [0.4, 0.5) is 0 Å². The molecule has 1 amide bonds. The Morgan fingerprint density at radius 3 is 2.25 bits per heavy atom. The molecule has 110 valence electrons. The van der Waals surface area contributed by atoms with Crippen molar-refractivity contribution in [3.8, 4) is 0 Å². The van der Waals surface area contributed by atoms with Gasteiger partial charge < -0.3 is 16.2 Å². The van der Waals surface area contributed by atoms with Gasteiger partial charge in [0.1, 0.15) is 0 Å². The zero-order chi connectivity index (χ0) is 15.2. The van der Waals surface area contributed by atoms with Gasteiger partial charge in [0, 0.05) is 6.54 Å². The number of carboxylic acids is 1. The number of hydrogen-bond acceptors (Lipinski definition) is 3. The highest BCUT2D eigenvalue weighted by atomic mass is 16.4. The molecule has 1 aromatic rings. The first-order chi connectivity index (χ1) is 9.42. The minimum Gasteiger partial charge on any atom is -0.481 e. The molecule has 20 heavy (non-hydrogen) atoms. The fraction of sp³-hybridized carbons (Fsp3) is 0.467. The molecule has 0 bridgehead atoms. The molecule has 0 radical (unpaired) electrons. The van der Waals surface area contributed by atoms with Crippen LogP contribution >= 0.6 is 0 Å². The predicted octanol–water partition coefficient (Wildman–Crippen LogP) is 1.45. The molecule has 5 heteroatoms. The molecule has 1 rings (SSSR count). The van der Waals surface area contributed by atoms with Crippen molar-refractivity contribution in [2.24, 2.45) is 5.73 Å². The van der Waals surface area contributed by atoms with Crippen molar-refractivity contribution in [1.29, 1.82) is 0 Å². The van der Waals surface area contributed by atoms with Gasteiger partial charge in [0.2, 0.25) is 5.91 Å². The largest absolute Gasteiger partial charge is 0.481 e. The van der Waals surface area contributed by atoms with Crippen LogP contribution in [-0.4, -0.2) is 22.5 Å². The highest BCUT2D eigenvalue weighted by molar-refractivity contribution is 5.85. The van der Waals surface area contributed by atoms with E-state index >= 15 is 0 Å². The third kappa shape index (κ3) is 4.06. The summed E-state index contributed by atoms with van der Waals surface area (Å²) in [6.07, 6.45) is 1.07. The molecular formula is C15H22N2O3. The Bertz CT molecular complexity index is 482. The van der Waals surface area contributed by atoms with Crippen LogP contribution in [0.15, 0.2) is 24.3 Å². The number of carboxylic acid groups (broad SMARTS) is 1. The Morgan fingerprint density at radius 2 is 1.75 bits per heavy atom. The maximum atomic E-state index is 12.1. The second kappa shape index (κ2) is 7.05. The average molecular weight is 278 g/mol. The lowest BCUT2D eigenvalue weighted by Crippen LogP contribution is -2.52. The first-order valence-corrected chi connectivity index (χ1v) is 6.78. The predicted molar refractivity (Wildman–Crippen MR) is 77.1 cm³/mol. The summed E-state index contributed by atoms with van der Waals surface area (Å²) in [7, 11) is 0. The Balaban J connectivity index is 2.75. The van der Waals surface area contributed by atoms with Gasteiger partial charge in [-0.1, -0.05) is 38.1 Å². The molecule has 0 aliphatic heterocycles. The van der Waals surface area contributed by atoms with Crippen molar-refractivity contribution in [2.75, 3.05) is 0 Å².